The Morgan fingerprint density at radius 3 is 2.52 bits per heavy atom. The van der Waals surface area contributed by atoms with Crippen molar-refractivity contribution in [3.63, 3.8) is 0 Å². The molecule has 1 saturated heterocycles. The summed E-state index contributed by atoms with van der Waals surface area (Å²) in [7, 11) is 0. The maximum Gasteiger partial charge on any atom is 0.339 e. The van der Waals surface area contributed by atoms with Crippen LogP contribution in [0.15, 0.2) is 27.4 Å². The first-order valence-corrected chi connectivity index (χ1v) is 9.05. The van der Waals surface area contributed by atoms with Crippen molar-refractivity contribution in [3.05, 3.63) is 39.7 Å². The molecule has 27 heavy (non-hydrogen) atoms. The molecule has 0 bridgehead atoms. The van der Waals surface area contributed by atoms with Gasteiger partial charge in [0.25, 0.3) is 0 Å². The second kappa shape index (κ2) is 7.21. The number of aliphatic hydroxyl groups is 4. The minimum atomic E-state index is -1.52. The first kappa shape index (κ1) is 18.4. The van der Waals surface area contributed by atoms with Crippen molar-refractivity contribution in [2.75, 3.05) is 6.61 Å². The Morgan fingerprint density at radius 1 is 1.04 bits per heavy atom. The van der Waals surface area contributed by atoms with Gasteiger partial charge in [-0.15, -0.1) is 0 Å². The lowest BCUT2D eigenvalue weighted by Crippen LogP contribution is -2.60. The molecule has 1 aromatic heterocycles. The van der Waals surface area contributed by atoms with E-state index in [1.807, 2.05) is 0 Å². The number of ether oxygens (including phenoxy) is 2. The van der Waals surface area contributed by atoms with Gasteiger partial charge in [0.1, 0.15) is 35.7 Å². The van der Waals surface area contributed by atoms with Crippen LogP contribution < -0.4 is 10.4 Å². The highest BCUT2D eigenvalue weighted by atomic mass is 16.7. The molecule has 8 heteroatoms. The minimum Gasteiger partial charge on any atom is -0.462 e. The molecule has 4 rings (SSSR count). The molecule has 2 aliphatic rings. The molecule has 1 aliphatic carbocycles. The van der Waals surface area contributed by atoms with Gasteiger partial charge in [0.2, 0.25) is 6.29 Å². The Hall–Kier alpha value is -1.97. The molecule has 2 aromatic rings. The van der Waals surface area contributed by atoms with Crippen molar-refractivity contribution in [2.45, 2.75) is 56.4 Å². The predicted molar refractivity (Wildman–Crippen MR) is 93.5 cm³/mol. The number of benzene rings is 1. The first-order chi connectivity index (χ1) is 13.0. The Labute approximate surface area is 154 Å². The summed E-state index contributed by atoms with van der Waals surface area (Å²) in [5, 5.41) is 39.9. The molecular formula is C19H22O8. The summed E-state index contributed by atoms with van der Waals surface area (Å²) in [5.74, 6) is 0.269. The molecule has 0 unspecified atom stereocenters. The minimum absolute atomic E-state index is 0.269. The number of rotatable bonds is 3. The van der Waals surface area contributed by atoms with Gasteiger partial charge in [-0.2, -0.15) is 0 Å². The van der Waals surface area contributed by atoms with Crippen molar-refractivity contribution < 1.29 is 34.3 Å². The van der Waals surface area contributed by atoms with E-state index in [0.717, 1.165) is 42.2 Å². The number of aliphatic hydroxyl groups excluding tert-OH is 4. The lowest BCUT2D eigenvalue weighted by atomic mass is 9.91. The largest absolute Gasteiger partial charge is 0.462 e. The third-order valence-corrected chi connectivity index (χ3v) is 5.30. The van der Waals surface area contributed by atoms with E-state index in [1.54, 1.807) is 12.1 Å². The molecule has 0 spiro atoms. The van der Waals surface area contributed by atoms with Crippen LogP contribution in [0.5, 0.6) is 5.75 Å². The standard InChI is InChI=1S/C19H22O8/c20-8-14-15(21)16(22)17(23)19(27-14)25-9-5-6-11-10-3-1-2-4-12(10)18(24)26-13(11)7-9/h5-7,14-17,19-23H,1-4,8H2/t14-,15+,16+,17-,19-/m1/s1. The topological polar surface area (TPSA) is 130 Å². The molecule has 8 nitrogen and oxygen atoms in total. The second-order valence-electron chi connectivity index (χ2n) is 7.03. The van der Waals surface area contributed by atoms with Crippen LogP contribution in [0.4, 0.5) is 0 Å². The van der Waals surface area contributed by atoms with E-state index in [-0.39, 0.29) is 11.4 Å². The van der Waals surface area contributed by atoms with Gasteiger partial charge >= 0.3 is 5.63 Å². The van der Waals surface area contributed by atoms with E-state index in [2.05, 4.69) is 0 Å². The summed E-state index contributed by atoms with van der Waals surface area (Å²) in [5.41, 5.74) is 1.77. The van der Waals surface area contributed by atoms with Crippen LogP contribution >= 0.6 is 0 Å². The van der Waals surface area contributed by atoms with Gasteiger partial charge in [-0.05, 0) is 43.4 Å². The third-order valence-electron chi connectivity index (χ3n) is 5.30. The van der Waals surface area contributed by atoms with Gasteiger partial charge in [0, 0.05) is 17.0 Å². The van der Waals surface area contributed by atoms with Crippen molar-refractivity contribution >= 4 is 11.0 Å². The maximum absolute atomic E-state index is 12.2. The van der Waals surface area contributed by atoms with Crippen LogP contribution in [0.2, 0.25) is 0 Å². The molecule has 2 heterocycles. The smallest absolute Gasteiger partial charge is 0.339 e. The van der Waals surface area contributed by atoms with Crippen LogP contribution in [0, 0.1) is 0 Å². The van der Waals surface area contributed by atoms with Crippen LogP contribution in [0.3, 0.4) is 0 Å². The summed E-state index contributed by atoms with van der Waals surface area (Å²) < 4.78 is 16.4. The van der Waals surface area contributed by atoms with Crippen molar-refractivity contribution in [2.24, 2.45) is 0 Å². The third kappa shape index (κ3) is 3.24. The van der Waals surface area contributed by atoms with Crippen molar-refractivity contribution in [1.82, 2.24) is 0 Å². The lowest BCUT2D eigenvalue weighted by Gasteiger charge is -2.39. The first-order valence-electron chi connectivity index (χ1n) is 9.05. The zero-order valence-corrected chi connectivity index (χ0v) is 14.6. The summed E-state index contributed by atoms with van der Waals surface area (Å²) in [6.07, 6.45) is -3.29. The Kier molecular flexibility index (Phi) is 4.92. The van der Waals surface area contributed by atoms with E-state index in [4.69, 9.17) is 13.9 Å². The monoisotopic (exact) mass is 378 g/mol. The molecule has 0 radical (unpaired) electrons. The SMILES string of the molecule is O=c1oc2cc(O[C@@H]3O[C@H](CO)[C@H](O)[C@H](O)[C@H]3O)ccc2c2c1CCCC2. The number of fused-ring (bicyclic) bond motifs is 3. The fourth-order valence-electron chi connectivity index (χ4n) is 3.80. The lowest BCUT2D eigenvalue weighted by molar-refractivity contribution is -0.277. The van der Waals surface area contributed by atoms with Crippen LogP contribution in [0.25, 0.3) is 11.0 Å². The average molecular weight is 378 g/mol. The molecule has 0 amide bonds. The predicted octanol–water partition coefficient (Wildman–Crippen LogP) is -0.150. The summed E-state index contributed by atoms with van der Waals surface area (Å²) in [6.45, 7) is -0.538. The number of hydrogen-bond donors (Lipinski definition) is 4. The summed E-state index contributed by atoms with van der Waals surface area (Å²) in [4.78, 5) is 12.2. The van der Waals surface area contributed by atoms with Crippen molar-refractivity contribution in [3.8, 4) is 5.75 Å². The quantitative estimate of drug-likeness (QED) is 0.543. The van der Waals surface area contributed by atoms with E-state index in [9.17, 15) is 25.2 Å². The second-order valence-corrected chi connectivity index (χ2v) is 7.03. The summed E-state index contributed by atoms with van der Waals surface area (Å²) >= 11 is 0. The van der Waals surface area contributed by atoms with E-state index in [1.165, 1.54) is 6.07 Å². The zero-order valence-electron chi connectivity index (χ0n) is 14.6. The molecule has 0 saturated carbocycles. The van der Waals surface area contributed by atoms with Crippen molar-refractivity contribution in [1.29, 1.82) is 0 Å². The van der Waals surface area contributed by atoms with Gasteiger partial charge in [0.05, 0.1) is 6.61 Å². The maximum atomic E-state index is 12.2. The Morgan fingerprint density at radius 2 is 1.78 bits per heavy atom. The fourth-order valence-corrected chi connectivity index (χ4v) is 3.80. The van der Waals surface area contributed by atoms with E-state index in [0.29, 0.717) is 5.58 Å². The van der Waals surface area contributed by atoms with Gasteiger partial charge < -0.3 is 34.3 Å². The number of aryl methyl sites for hydroxylation is 1. The van der Waals surface area contributed by atoms with E-state index < -0.39 is 37.3 Å². The summed E-state index contributed by atoms with van der Waals surface area (Å²) in [6, 6.07) is 4.99. The van der Waals surface area contributed by atoms with Crippen LogP contribution in [-0.2, 0) is 17.6 Å². The molecule has 1 aromatic carbocycles. The molecule has 1 aliphatic heterocycles. The van der Waals surface area contributed by atoms with E-state index >= 15 is 0 Å². The van der Waals surface area contributed by atoms with Crippen LogP contribution in [0.1, 0.15) is 24.0 Å². The zero-order chi connectivity index (χ0) is 19.1. The normalized spacial score (nSPS) is 30.9. The highest BCUT2D eigenvalue weighted by Gasteiger charge is 2.44. The molecular weight excluding hydrogens is 356 g/mol. The molecule has 146 valence electrons. The molecule has 4 N–H and O–H groups in total. The van der Waals surface area contributed by atoms with Crippen LogP contribution in [-0.4, -0.2) is 57.7 Å². The highest BCUT2D eigenvalue weighted by molar-refractivity contribution is 5.82. The van der Waals surface area contributed by atoms with Gasteiger partial charge in [-0.1, -0.05) is 0 Å². The highest BCUT2D eigenvalue weighted by Crippen LogP contribution is 2.30. The average Bonchev–Trinajstić information content (AvgIpc) is 2.68. The van der Waals surface area contributed by atoms with Gasteiger partial charge in [-0.3, -0.25) is 0 Å². The fraction of sp³-hybridized carbons (Fsp3) is 0.526. The van der Waals surface area contributed by atoms with Gasteiger partial charge in [0.15, 0.2) is 0 Å². The number of hydrogen-bond acceptors (Lipinski definition) is 8. The van der Waals surface area contributed by atoms with Gasteiger partial charge in [-0.25, -0.2) is 4.79 Å². The molecule has 5 atom stereocenters. The Bertz CT molecular complexity index is 889. The molecule has 1 fully saturated rings. The Balaban J connectivity index is 1.64.